The van der Waals surface area contributed by atoms with Crippen molar-refractivity contribution in [2.45, 2.75) is 24.7 Å². The molecule has 0 fully saturated rings. The third-order valence-corrected chi connectivity index (χ3v) is 1.97. The van der Waals surface area contributed by atoms with Gasteiger partial charge in [0, 0.05) is 0 Å². The molecule has 0 aliphatic rings. The largest absolute Gasteiger partial charge is 0.377 e. The van der Waals surface area contributed by atoms with Crippen molar-refractivity contribution in [1.82, 2.24) is 0 Å². The van der Waals surface area contributed by atoms with E-state index in [1.54, 1.807) is 0 Å². The van der Waals surface area contributed by atoms with Crippen molar-refractivity contribution in [3.8, 4) is 0 Å². The number of ether oxygens (including phenoxy) is 3. The van der Waals surface area contributed by atoms with Crippen LogP contribution in [0.1, 0.15) is 0 Å². The van der Waals surface area contributed by atoms with E-state index < -0.39 is 51.1 Å². The van der Waals surface area contributed by atoms with Gasteiger partial charge >= 0.3 is 24.7 Å². The highest BCUT2D eigenvalue weighted by Gasteiger charge is 2.41. The molecule has 0 heterocycles. The molecule has 0 aromatic heterocycles. The molecule has 0 unspecified atom stereocenters. The summed E-state index contributed by atoms with van der Waals surface area (Å²) in [6, 6.07) is 0. The normalized spacial score (nSPS) is 13.4. The predicted octanol–water partition coefficient (Wildman–Crippen LogP) is 2.84. The van der Waals surface area contributed by atoms with Gasteiger partial charge in [-0.15, -0.1) is 0 Å². The van der Waals surface area contributed by atoms with Gasteiger partial charge in [0.25, 0.3) is 0 Å². The lowest BCUT2D eigenvalue weighted by molar-refractivity contribution is -0.172. The molecule has 21 heavy (non-hydrogen) atoms. The summed E-state index contributed by atoms with van der Waals surface area (Å²) >= 11 is 0. The van der Waals surface area contributed by atoms with Crippen LogP contribution in [0.5, 0.6) is 0 Å². The van der Waals surface area contributed by atoms with E-state index in [4.69, 9.17) is 0 Å². The maximum Gasteiger partial charge on any atom is 0.330 e. The van der Waals surface area contributed by atoms with Crippen molar-refractivity contribution < 1.29 is 49.3 Å². The Hall–Kier alpha value is -0.680. The fourth-order valence-corrected chi connectivity index (χ4v) is 0.880. The van der Waals surface area contributed by atoms with Crippen LogP contribution in [0.3, 0.4) is 0 Å². The van der Waals surface area contributed by atoms with E-state index in [0.29, 0.717) is 0 Å². The molecule has 3 nitrogen and oxygen atoms in total. The van der Waals surface area contributed by atoms with E-state index in [-0.39, 0.29) is 13.2 Å². The summed E-state index contributed by atoms with van der Waals surface area (Å²) < 4.78 is 109. The van der Waals surface area contributed by atoms with E-state index in [2.05, 4.69) is 14.2 Å². The van der Waals surface area contributed by atoms with Gasteiger partial charge in [-0.25, -0.2) is 17.6 Å². The Morgan fingerprint density at radius 3 is 1.14 bits per heavy atom. The zero-order chi connectivity index (χ0) is 16.5. The van der Waals surface area contributed by atoms with Crippen molar-refractivity contribution in [2.24, 2.45) is 0 Å². The molecule has 0 radical (unpaired) electrons. The second kappa shape index (κ2) is 9.36. The van der Waals surface area contributed by atoms with Gasteiger partial charge in [0.05, 0.1) is 26.4 Å². The van der Waals surface area contributed by atoms with Crippen LogP contribution in [0.25, 0.3) is 0 Å². The van der Waals surface area contributed by atoms with Crippen molar-refractivity contribution in [3.05, 3.63) is 0 Å². The minimum absolute atomic E-state index is 0.270. The van der Waals surface area contributed by atoms with E-state index in [0.717, 1.165) is 0 Å². The van der Waals surface area contributed by atoms with E-state index in [1.165, 1.54) is 0 Å². The second-order valence-electron chi connectivity index (χ2n) is 3.84. The van der Waals surface area contributed by atoms with E-state index >= 15 is 0 Å². The number of alkyl halides is 8. The molecule has 0 spiro atoms. The Labute approximate surface area is 115 Å². The van der Waals surface area contributed by atoms with Crippen LogP contribution in [-0.4, -0.2) is 64.3 Å². The summed E-state index contributed by atoms with van der Waals surface area (Å²) in [6.07, 6.45) is -7.69. The summed E-state index contributed by atoms with van der Waals surface area (Å²) in [4.78, 5) is 0. The monoisotopic (exact) mass is 334 g/mol. The topological polar surface area (TPSA) is 27.7 Å². The molecular formula is C10H14F8O3. The summed E-state index contributed by atoms with van der Waals surface area (Å²) in [6.45, 7) is -4.34. The fourth-order valence-electron chi connectivity index (χ4n) is 0.880. The lowest BCUT2D eigenvalue weighted by atomic mass is 10.4. The molecule has 0 aromatic rings. The van der Waals surface area contributed by atoms with Gasteiger partial charge in [0.15, 0.2) is 0 Å². The van der Waals surface area contributed by atoms with Gasteiger partial charge in [-0.05, 0) is 0 Å². The van der Waals surface area contributed by atoms with Crippen LogP contribution >= 0.6 is 0 Å². The molecule has 0 bridgehead atoms. The molecule has 0 N–H and O–H groups in total. The summed E-state index contributed by atoms with van der Waals surface area (Å²) in [5.41, 5.74) is 0. The highest BCUT2D eigenvalue weighted by Crippen LogP contribution is 2.23. The summed E-state index contributed by atoms with van der Waals surface area (Å²) in [5, 5.41) is 0. The van der Waals surface area contributed by atoms with Gasteiger partial charge in [-0.3, -0.25) is 0 Å². The van der Waals surface area contributed by atoms with Crippen LogP contribution in [0.15, 0.2) is 0 Å². The predicted molar refractivity (Wildman–Crippen MR) is 54.4 cm³/mol. The SMILES string of the molecule is FC(F)C(F)(F)COCCOCCOCC(F)(F)C(F)F. The average Bonchev–Trinajstić information content (AvgIpc) is 2.36. The first-order valence-electron chi connectivity index (χ1n) is 5.65. The Kier molecular flexibility index (Phi) is 9.06. The third-order valence-electron chi connectivity index (χ3n) is 1.97. The highest BCUT2D eigenvalue weighted by molar-refractivity contribution is 4.68. The lowest BCUT2D eigenvalue weighted by Gasteiger charge is -2.16. The molecule has 0 atom stereocenters. The van der Waals surface area contributed by atoms with Gasteiger partial charge in [0.1, 0.15) is 13.2 Å². The van der Waals surface area contributed by atoms with Crippen LogP contribution in [0.2, 0.25) is 0 Å². The van der Waals surface area contributed by atoms with Crippen LogP contribution in [0.4, 0.5) is 35.1 Å². The summed E-state index contributed by atoms with van der Waals surface area (Å²) in [5.74, 6) is -8.52. The standard InChI is InChI=1S/C10H14F8O3/c11-7(12)9(15,16)5-20-3-1-19-2-4-21-6-10(17,18)8(13)14/h7-8H,1-6H2. The van der Waals surface area contributed by atoms with Gasteiger partial charge in [0.2, 0.25) is 0 Å². The Bertz CT molecular complexity index is 249. The van der Waals surface area contributed by atoms with Crippen molar-refractivity contribution in [3.63, 3.8) is 0 Å². The second-order valence-corrected chi connectivity index (χ2v) is 3.84. The molecule has 0 aromatic carbocycles. The number of rotatable bonds is 12. The smallest absolute Gasteiger partial charge is 0.330 e. The number of halogens is 8. The molecule has 0 saturated carbocycles. The Morgan fingerprint density at radius 1 is 0.571 bits per heavy atom. The molecule has 0 rings (SSSR count). The van der Waals surface area contributed by atoms with Crippen molar-refractivity contribution >= 4 is 0 Å². The number of hydrogen-bond acceptors (Lipinski definition) is 3. The van der Waals surface area contributed by atoms with Crippen molar-refractivity contribution in [2.75, 3.05) is 39.6 Å². The minimum atomic E-state index is -4.26. The average molecular weight is 334 g/mol. The van der Waals surface area contributed by atoms with E-state index in [9.17, 15) is 35.1 Å². The maximum absolute atomic E-state index is 12.3. The first-order chi connectivity index (χ1) is 9.59. The Morgan fingerprint density at radius 2 is 0.857 bits per heavy atom. The maximum atomic E-state index is 12.3. The minimum Gasteiger partial charge on any atom is -0.377 e. The molecule has 0 saturated heterocycles. The first-order valence-corrected chi connectivity index (χ1v) is 5.65. The first kappa shape index (κ1) is 20.3. The molecular weight excluding hydrogens is 320 g/mol. The fraction of sp³-hybridized carbons (Fsp3) is 1.00. The highest BCUT2D eigenvalue weighted by atomic mass is 19.3. The quantitative estimate of drug-likeness (QED) is 0.406. The molecule has 0 amide bonds. The zero-order valence-electron chi connectivity index (χ0n) is 10.6. The zero-order valence-corrected chi connectivity index (χ0v) is 10.6. The van der Waals surface area contributed by atoms with Crippen LogP contribution in [-0.2, 0) is 14.2 Å². The molecule has 128 valence electrons. The van der Waals surface area contributed by atoms with E-state index in [1.807, 2.05) is 0 Å². The van der Waals surface area contributed by atoms with Gasteiger partial charge < -0.3 is 14.2 Å². The summed E-state index contributed by atoms with van der Waals surface area (Å²) in [7, 11) is 0. The molecule has 0 aliphatic carbocycles. The lowest BCUT2D eigenvalue weighted by Crippen LogP contribution is -2.33. The van der Waals surface area contributed by atoms with Crippen LogP contribution < -0.4 is 0 Å². The van der Waals surface area contributed by atoms with Crippen LogP contribution in [0, 0.1) is 0 Å². The molecule has 11 heteroatoms. The Balaban J connectivity index is 3.46. The molecule has 0 aliphatic heterocycles. The van der Waals surface area contributed by atoms with Gasteiger partial charge in [-0.2, -0.15) is 17.6 Å². The van der Waals surface area contributed by atoms with Gasteiger partial charge in [-0.1, -0.05) is 0 Å². The third kappa shape index (κ3) is 9.04. The number of hydrogen-bond donors (Lipinski definition) is 0. The van der Waals surface area contributed by atoms with Crippen molar-refractivity contribution in [1.29, 1.82) is 0 Å².